The van der Waals surface area contributed by atoms with Gasteiger partial charge in [0, 0.05) is 18.8 Å². The lowest BCUT2D eigenvalue weighted by atomic mass is 9.75. The lowest BCUT2D eigenvalue weighted by Crippen LogP contribution is -2.36. The van der Waals surface area contributed by atoms with Crippen molar-refractivity contribution in [1.29, 1.82) is 0 Å². The number of amidine groups is 1. The molecule has 1 aromatic rings. The maximum atomic E-state index is 13.1. The van der Waals surface area contributed by atoms with Gasteiger partial charge in [0.2, 0.25) is 0 Å². The standard InChI is InChI=1S/C16H20ClFN2S/c17-13-8-12(4-5-14(13)18)9-19-15-20-10-16(11-21-15)6-2-1-3-7-16/h4-5,8H,1-3,6-7,9-11H2,(H,19,20). The summed E-state index contributed by atoms with van der Waals surface area (Å²) in [5, 5.41) is 4.52. The second kappa shape index (κ2) is 6.57. The second-order valence-electron chi connectivity index (χ2n) is 6.07. The van der Waals surface area contributed by atoms with Crippen molar-refractivity contribution in [3.63, 3.8) is 0 Å². The van der Waals surface area contributed by atoms with Crippen LogP contribution in [0, 0.1) is 11.2 Å². The summed E-state index contributed by atoms with van der Waals surface area (Å²) in [6.07, 6.45) is 6.74. The van der Waals surface area contributed by atoms with Gasteiger partial charge in [0.1, 0.15) is 5.82 Å². The Bertz CT molecular complexity index is 541. The first-order chi connectivity index (χ1) is 10.2. The zero-order chi connectivity index (χ0) is 14.7. The number of halogens is 2. The third-order valence-electron chi connectivity index (χ3n) is 4.42. The van der Waals surface area contributed by atoms with Crippen LogP contribution in [0.15, 0.2) is 23.2 Å². The SMILES string of the molecule is Fc1ccc(CNC2=NCC3(CCCCC3)CS2)cc1Cl. The van der Waals surface area contributed by atoms with Gasteiger partial charge in [0.05, 0.1) is 5.02 Å². The quantitative estimate of drug-likeness (QED) is 0.857. The van der Waals surface area contributed by atoms with Gasteiger partial charge in [-0.2, -0.15) is 0 Å². The minimum Gasteiger partial charge on any atom is -0.361 e. The Kier molecular flexibility index (Phi) is 4.75. The lowest BCUT2D eigenvalue weighted by molar-refractivity contribution is 0.232. The molecule has 0 radical (unpaired) electrons. The number of hydrogen-bond acceptors (Lipinski definition) is 3. The lowest BCUT2D eigenvalue weighted by Gasteiger charge is -2.38. The normalized spacial score (nSPS) is 21.1. The van der Waals surface area contributed by atoms with Gasteiger partial charge in [0.25, 0.3) is 0 Å². The van der Waals surface area contributed by atoms with Gasteiger partial charge >= 0.3 is 0 Å². The number of benzene rings is 1. The first-order valence-electron chi connectivity index (χ1n) is 7.52. The maximum absolute atomic E-state index is 13.1. The molecule has 0 saturated heterocycles. The van der Waals surface area contributed by atoms with Gasteiger partial charge in [0.15, 0.2) is 5.17 Å². The van der Waals surface area contributed by atoms with E-state index in [1.807, 2.05) is 11.8 Å². The van der Waals surface area contributed by atoms with E-state index in [4.69, 9.17) is 16.6 Å². The van der Waals surface area contributed by atoms with Crippen molar-refractivity contribution in [2.24, 2.45) is 10.4 Å². The van der Waals surface area contributed by atoms with Crippen molar-refractivity contribution in [1.82, 2.24) is 5.32 Å². The summed E-state index contributed by atoms with van der Waals surface area (Å²) in [5.74, 6) is 0.798. The minimum atomic E-state index is -0.371. The molecule has 114 valence electrons. The van der Waals surface area contributed by atoms with E-state index in [0.717, 1.165) is 17.3 Å². The Morgan fingerprint density at radius 2 is 2.10 bits per heavy atom. The summed E-state index contributed by atoms with van der Waals surface area (Å²) < 4.78 is 13.1. The number of nitrogens with zero attached hydrogens (tertiary/aromatic N) is 1. The van der Waals surface area contributed by atoms with Crippen LogP contribution in [-0.2, 0) is 6.54 Å². The molecule has 0 amide bonds. The largest absolute Gasteiger partial charge is 0.361 e. The first-order valence-corrected chi connectivity index (χ1v) is 8.88. The fourth-order valence-corrected chi connectivity index (χ4v) is 4.45. The number of nitrogens with one attached hydrogen (secondary N) is 1. The third kappa shape index (κ3) is 3.72. The molecule has 0 unspecified atom stereocenters. The zero-order valence-electron chi connectivity index (χ0n) is 12.0. The van der Waals surface area contributed by atoms with Crippen molar-refractivity contribution < 1.29 is 4.39 Å². The van der Waals surface area contributed by atoms with Crippen LogP contribution in [0.4, 0.5) is 4.39 Å². The van der Waals surface area contributed by atoms with Crippen molar-refractivity contribution in [3.8, 4) is 0 Å². The van der Waals surface area contributed by atoms with Crippen molar-refractivity contribution in [3.05, 3.63) is 34.6 Å². The van der Waals surface area contributed by atoms with E-state index >= 15 is 0 Å². The molecule has 1 aromatic carbocycles. The topological polar surface area (TPSA) is 24.4 Å². The fraction of sp³-hybridized carbons (Fsp3) is 0.562. The van der Waals surface area contributed by atoms with E-state index in [1.54, 1.807) is 12.1 Å². The van der Waals surface area contributed by atoms with E-state index in [0.29, 0.717) is 12.0 Å². The summed E-state index contributed by atoms with van der Waals surface area (Å²) in [5.41, 5.74) is 1.43. The molecule has 1 heterocycles. The minimum absolute atomic E-state index is 0.175. The number of thioether (sulfide) groups is 1. The summed E-state index contributed by atoms with van der Waals surface area (Å²) in [6, 6.07) is 4.83. The Morgan fingerprint density at radius 1 is 1.29 bits per heavy atom. The fourth-order valence-electron chi connectivity index (χ4n) is 3.09. The van der Waals surface area contributed by atoms with E-state index in [1.165, 1.54) is 43.9 Å². The Hall–Kier alpha value is -0.740. The summed E-state index contributed by atoms with van der Waals surface area (Å²) >= 11 is 7.62. The van der Waals surface area contributed by atoms with Crippen LogP contribution >= 0.6 is 23.4 Å². The Labute approximate surface area is 134 Å². The van der Waals surface area contributed by atoms with Crippen LogP contribution in [0.25, 0.3) is 0 Å². The van der Waals surface area contributed by atoms with Crippen molar-refractivity contribution in [2.75, 3.05) is 12.3 Å². The highest BCUT2D eigenvalue weighted by atomic mass is 35.5. The first kappa shape index (κ1) is 15.2. The average molecular weight is 327 g/mol. The van der Waals surface area contributed by atoms with Gasteiger partial charge in [-0.1, -0.05) is 48.7 Å². The predicted molar refractivity (Wildman–Crippen MR) is 88.5 cm³/mol. The molecule has 0 atom stereocenters. The van der Waals surface area contributed by atoms with Crippen molar-refractivity contribution >= 4 is 28.5 Å². The molecule has 1 aliphatic heterocycles. The zero-order valence-corrected chi connectivity index (χ0v) is 13.6. The molecule has 1 N–H and O–H groups in total. The van der Waals surface area contributed by atoms with Gasteiger partial charge in [-0.25, -0.2) is 4.39 Å². The molecule has 5 heteroatoms. The van der Waals surface area contributed by atoms with E-state index in [-0.39, 0.29) is 10.8 Å². The molecular weight excluding hydrogens is 307 g/mol. The van der Waals surface area contributed by atoms with Gasteiger partial charge < -0.3 is 5.32 Å². The second-order valence-corrected chi connectivity index (χ2v) is 7.44. The van der Waals surface area contributed by atoms with E-state index in [9.17, 15) is 4.39 Å². The van der Waals surface area contributed by atoms with Gasteiger partial charge in [-0.15, -0.1) is 0 Å². The van der Waals surface area contributed by atoms with E-state index in [2.05, 4.69) is 5.32 Å². The molecule has 1 aliphatic carbocycles. The molecule has 2 aliphatic rings. The van der Waals surface area contributed by atoms with Crippen LogP contribution in [-0.4, -0.2) is 17.5 Å². The number of hydrogen-bond donors (Lipinski definition) is 1. The molecule has 2 nitrogen and oxygen atoms in total. The summed E-state index contributed by atoms with van der Waals surface area (Å²) in [6.45, 7) is 1.59. The predicted octanol–water partition coefficient (Wildman–Crippen LogP) is 4.62. The van der Waals surface area contributed by atoms with Crippen LogP contribution in [0.2, 0.25) is 5.02 Å². The van der Waals surface area contributed by atoms with Gasteiger partial charge in [-0.05, 0) is 36.0 Å². The van der Waals surface area contributed by atoms with Crippen molar-refractivity contribution in [2.45, 2.75) is 38.6 Å². The molecular formula is C16H20ClFN2S. The summed E-state index contributed by atoms with van der Waals surface area (Å²) in [4.78, 5) is 4.72. The Morgan fingerprint density at radius 3 is 2.76 bits per heavy atom. The van der Waals surface area contributed by atoms with Gasteiger partial charge in [-0.3, -0.25) is 4.99 Å². The van der Waals surface area contributed by atoms with Crippen LogP contribution < -0.4 is 5.32 Å². The third-order valence-corrected chi connectivity index (χ3v) is 6.01. The highest BCUT2D eigenvalue weighted by Gasteiger charge is 2.34. The molecule has 1 spiro atoms. The molecule has 1 fully saturated rings. The maximum Gasteiger partial charge on any atom is 0.156 e. The summed E-state index contributed by atoms with van der Waals surface area (Å²) in [7, 11) is 0. The van der Waals surface area contributed by atoms with Crippen LogP contribution in [0.1, 0.15) is 37.7 Å². The average Bonchev–Trinajstić information content (AvgIpc) is 2.51. The number of rotatable bonds is 2. The monoisotopic (exact) mass is 326 g/mol. The highest BCUT2D eigenvalue weighted by molar-refractivity contribution is 8.13. The molecule has 0 aromatic heterocycles. The number of aliphatic imine (C=N–C) groups is 1. The molecule has 3 rings (SSSR count). The van der Waals surface area contributed by atoms with Crippen LogP contribution in [0.3, 0.4) is 0 Å². The highest BCUT2D eigenvalue weighted by Crippen LogP contribution is 2.41. The van der Waals surface area contributed by atoms with Crippen LogP contribution in [0.5, 0.6) is 0 Å². The molecule has 0 bridgehead atoms. The smallest absolute Gasteiger partial charge is 0.156 e. The molecule has 21 heavy (non-hydrogen) atoms. The Balaban J connectivity index is 1.55. The van der Waals surface area contributed by atoms with E-state index < -0.39 is 0 Å². The molecule has 1 saturated carbocycles.